The summed E-state index contributed by atoms with van der Waals surface area (Å²) in [6.07, 6.45) is 1.82. The summed E-state index contributed by atoms with van der Waals surface area (Å²) >= 11 is 1.44. The third kappa shape index (κ3) is 1.93. The van der Waals surface area contributed by atoms with Gasteiger partial charge in [-0.15, -0.1) is 4.68 Å². The normalized spacial score (nSPS) is 10.9. The maximum absolute atomic E-state index is 5.87. The number of nitrogens with two attached hydrogens (primary N) is 1. The van der Waals surface area contributed by atoms with Crippen LogP contribution in [0.2, 0.25) is 0 Å². The highest BCUT2D eigenvalue weighted by atomic mass is 32.1. The highest BCUT2D eigenvalue weighted by Gasteiger charge is 2.12. The van der Waals surface area contributed by atoms with E-state index in [9.17, 15) is 0 Å². The van der Waals surface area contributed by atoms with Gasteiger partial charge in [0.2, 0.25) is 0 Å². The number of fused-ring (bicyclic) bond motifs is 1. The summed E-state index contributed by atoms with van der Waals surface area (Å²) in [7, 11) is 0. The number of pyridine rings is 1. The monoisotopic (exact) mass is 257 g/mol. The minimum absolute atomic E-state index is 0.657. The summed E-state index contributed by atoms with van der Waals surface area (Å²) in [6.45, 7) is 2.75. The molecule has 2 N–H and O–H groups in total. The van der Waals surface area contributed by atoms with Crippen molar-refractivity contribution in [2.75, 3.05) is 5.73 Å². The van der Waals surface area contributed by atoms with Crippen LogP contribution in [-0.2, 0) is 6.54 Å². The van der Waals surface area contributed by atoms with Crippen LogP contribution in [0.3, 0.4) is 0 Å². The lowest BCUT2D eigenvalue weighted by Crippen LogP contribution is -2.38. The number of rotatable bonds is 2. The van der Waals surface area contributed by atoms with E-state index in [2.05, 4.69) is 35.2 Å². The lowest BCUT2D eigenvalue weighted by molar-refractivity contribution is -0.727. The topological polar surface area (TPSA) is 55.7 Å². The minimum Gasteiger partial charge on any atom is -0.276 e. The van der Waals surface area contributed by atoms with Gasteiger partial charge in [-0.2, -0.15) is 0 Å². The zero-order chi connectivity index (χ0) is 12.5. The van der Waals surface area contributed by atoms with Crippen LogP contribution in [0.25, 0.3) is 10.9 Å². The van der Waals surface area contributed by atoms with Crippen molar-refractivity contribution in [3.8, 4) is 0 Å². The maximum atomic E-state index is 5.87. The number of anilines is 1. The fourth-order valence-corrected chi connectivity index (χ4v) is 2.59. The number of hydrogen-bond donors (Lipinski definition) is 1. The summed E-state index contributed by atoms with van der Waals surface area (Å²) in [6, 6.07) is 8.31. The highest BCUT2D eigenvalue weighted by Crippen LogP contribution is 2.18. The first kappa shape index (κ1) is 11.1. The van der Waals surface area contributed by atoms with E-state index in [1.165, 1.54) is 16.9 Å². The second-order valence-electron chi connectivity index (χ2n) is 4.23. The summed E-state index contributed by atoms with van der Waals surface area (Å²) < 4.78 is 1.80. The van der Waals surface area contributed by atoms with E-state index < -0.39 is 0 Å². The number of nitrogens with zero attached hydrogens (tertiary/aromatic N) is 3. The van der Waals surface area contributed by atoms with Crippen molar-refractivity contribution in [3.63, 3.8) is 0 Å². The number of aryl methyl sites for hydroxylation is 1. The largest absolute Gasteiger partial charge is 0.354 e. The number of hydrogen-bond acceptors (Lipinski definition) is 4. The van der Waals surface area contributed by atoms with Gasteiger partial charge in [0.1, 0.15) is 12.1 Å². The van der Waals surface area contributed by atoms with Crippen molar-refractivity contribution in [3.05, 3.63) is 47.1 Å². The van der Waals surface area contributed by atoms with E-state index in [0.29, 0.717) is 11.7 Å². The van der Waals surface area contributed by atoms with Crippen molar-refractivity contribution >= 4 is 27.4 Å². The molecule has 90 valence electrons. The summed E-state index contributed by atoms with van der Waals surface area (Å²) in [5, 5.41) is 6.09. The molecule has 0 amide bonds. The number of aromatic nitrogens is 3. The van der Waals surface area contributed by atoms with Gasteiger partial charge in [-0.3, -0.25) is 10.7 Å². The van der Waals surface area contributed by atoms with Crippen LogP contribution in [0.5, 0.6) is 0 Å². The van der Waals surface area contributed by atoms with E-state index in [1.54, 1.807) is 10.2 Å². The summed E-state index contributed by atoms with van der Waals surface area (Å²) in [5.74, 6) is 0. The highest BCUT2D eigenvalue weighted by molar-refractivity contribution is 7.12. The molecule has 0 saturated carbocycles. The van der Waals surface area contributed by atoms with E-state index in [0.717, 1.165) is 16.5 Å². The van der Waals surface area contributed by atoms with Crippen LogP contribution in [0.15, 0.2) is 36.0 Å². The molecule has 4 nitrogen and oxygen atoms in total. The molecule has 18 heavy (non-hydrogen) atoms. The zero-order valence-electron chi connectivity index (χ0n) is 10.00. The van der Waals surface area contributed by atoms with Crippen LogP contribution >= 0.6 is 11.3 Å². The minimum atomic E-state index is 0.657. The quantitative estimate of drug-likeness (QED) is 0.714. The molecular weight excluding hydrogens is 244 g/mol. The molecule has 0 spiro atoms. The fourth-order valence-electron chi connectivity index (χ4n) is 2.09. The molecule has 0 bridgehead atoms. The van der Waals surface area contributed by atoms with Gasteiger partial charge in [-0.25, -0.2) is 0 Å². The Balaban J connectivity index is 2.14. The molecule has 0 radical (unpaired) electrons. The van der Waals surface area contributed by atoms with Gasteiger partial charge in [0, 0.05) is 17.1 Å². The van der Waals surface area contributed by atoms with E-state index in [4.69, 9.17) is 5.73 Å². The average molecular weight is 257 g/mol. The summed E-state index contributed by atoms with van der Waals surface area (Å²) in [4.78, 5) is 4.45. The Morgan fingerprint density at radius 1 is 1.39 bits per heavy atom. The van der Waals surface area contributed by atoms with E-state index in [-0.39, 0.29) is 0 Å². The van der Waals surface area contributed by atoms with Crippen LogP contribution in [0.4, 0.5) is 5.13 Å². The average Bonchev–Trinajstić information content (AvgIpc) is 2.75. The first-order chi connectivity index (χ1) is 8.74. The second-order valence-corrected chi connectivity index (χ2v) is 5.10. The molecule has 0 aliphatic heterocycles. The molecule has 5 heteroatoms. The predicted molar refractivity (Wildman–Crippen MR) is 72.3 cm³/mol. The van der Waals surface area contributed by atoms with Gasteiger partial charge in [-0.1, -0.05) is 11.2 Å². The van der Waals surface area contributed by atoms with Crippen molar-refractivity contribution in [1.29, 1.82) is 0 Å². The fraction of sp³-hybridized carbons (Fsp3) is 0.154. The van der Waals surface area contributed by atoms with Crippen LogP contribution in [0.1, 0.15) is 11.1 Å². The van der Waals surface area contributed by atoms with Gasteiger partial charge in [0.05, 0.1) is 5.52 Å². The van der Waals surface area contributed by atoms with E-state index >= 15 is 0 Å². The third-order valence-corrected chi connectivity index (χ3v) is 3.51. The first-order valence-electron chi connectivity index (χ1n) is 5.67. The lowest BCUT2D eigenvalue weighted by Gasteiger charge is -2.05. The Bertz CT molecular complexity index is 705. The molecule has 1 aromatic carbocycles. The number of benzene rings is 1. The maximum Gasteiger partial charge on any atom is 0.354 e. The molecule has 0 aliphatic carbocycles. The van der Waals surface area contributed by atoms with Crippen molar-refractivity contribution < 1.29 is 4.68 Å². The Hall–Kier alpha value is -2.01. The molecule has 2 heterocycles. The lowest BCUT2D eigenvalue weighted by atomic mass is 10.1. The molecule has 0 unspecified atom stereocenters. The van der Waals surface area contributed by atoms with Crippen LogP contribution in [-0.4, -0.2) is 10.1 Å². The van der Waals surface area contributed by atoms with Gasteiger partial charge < -0.3 is 0 Å². The Labute approximate surface area is 109 Å². The summed E-state index contributed by atoms with van der Waals surface area (Å²) in [5.41, 5.74) is 11.0. The first-order valence-corrected chi connectivity index (χ1v) is 6.55. The zero-order valence-corrected chi connectivity index (χ0v) is 10.8. The molecule has 3 aromatic rings. The van der Waals surface area contributed by atoms with Gasteiger partial charge in [0.25, 0.3) is 0 Å². The standard InChI is InChI=1S/C13H12N4S/c1-9-5-10-3-2-4-15-12(10)11(6-9)7-17-13(14)18-8-16-17/h2-6,8,14H,7H2,1H3/p+1. The molecule has 2 aromatic heterocycles. The molecule has 3 rings (SSSR count). The smallest absolute Gasteiger partial charge is 0.276 e. The molecule has 0 aliphatic rings. The molecular formula is C13H13N4S+. The van der Waals surface area contributed by atoms with Crippen LogP contribution in [0, 0.1) is 6.92 Å². The van der Waals surface area contributed by atoms with Gasteiger partial charge >= 0.3 is 5.13 Å². The Morgan fingerprint density at radius 3 is 3.06 bits per heavy atom. The van der Waals surface area contributed by atoms with Gasteiger partial charge in [0.15, 0.2) is 0 Å². The molecule has 0 saturated heterocycles. The van der Waals surface area contributed by atoms with Crippen molar-refractivity contribution in [2.24, 2.45) is 0 Å². The van der Waals surface area contributed by atoms with Crippen molar-refractivity contribution in [2.45, 2.75) is 13.5 Å². The SMILES string of the molecule is Cc1cc(C[n+]2ncsc2N)c2ncccc2c1. The molecule has 0 atom stereocenters. The van der Waals surface area contributed by atoms with E-state index in [1.807, 2.05) is 12.3 Å². The Kier molecular flexibility index (Phi) is 2.68. The predicted octanol–water partition coefficient (Wildman–Crippen LogP) is 1.92. The Morgan fingerprint density at radius 2 is 2.28 bits per heavy atom. The third-order valence-electron chi connectivity index (χ3n) is 2.86. The van der Waals surface area contributed by atoms with Crippen molar-refractivity contribution in [1.82, 2.24) is 10.1 Å². The number of nitrogen functional groups attached to an aromatic ring is 1. The van der Waals surface area contributed by atoms with Gasteiger partial charge in [-0.05, 0) is 42.0 Å². The molecule has 0 fully saturated rings. The van der Waals surface area contributed by atoms with Crippen LogP contribution < -0.4 is 10.4 Å². The second kappa shape index (κ2) is 4.34.